The van der Waals surface area contributed by atoms with E-state index in [0.717, 1.165) is 16.9 Å². The lowest BCUT2D eigenvalue weighted by molar-refractivity contribution is 0.414. The number of nitrogens with one attached hydrogen (secondary N) is 1. The second-order valence-corrected chi connectivity index (χ2v) is 11.5. The molecule has 0 amide bonds. The van der Waals surface area contributed by atoms with E-state index >= 15 is 0 Å². The Morgan fingerprint density at radius 2 is 1.80 bits per heavy atom. The fourth-order valence-electron chi connectivity index (χ4n) is 3.37. The van der Waals surface area contributed by atoms with Crippen LogP contribution in [-0.2, 0) is 26.5 Å². The van der Waals surface area contributed by atoms with E-state index in [2.05, 4.69) is 4.72 Å². The summed E-state index contributed by atoms with van der Waals surface area (Å²) in [5, 5.41) is 1.70. The molecule has 0 saturated heterocycles. The van der Waals surface area contributed by atoms with E-state index in [1.807, 2.05) is 0 Å². The van der Waals surface area contributed by atoms with Crippen LogP contribution in [0.4, 0.5) is 11.4 Å². The number of hydrogen-bond acceptors (Lipinski definition) is 6. The first-order chi connectivity index (χ1) is 14.3. The van der Waals surface area contributed by atoms with Gasteiger partial charge in [-0.15, -0.1) is 11.3 Å². The number of rotatable bonds is 6. The van der Waals surface area contributed by atoms with Crippen LogP contribution in [0, 0.1) is 0 Å². The summed E-state index contributed by atoms with van der Waals surface area (Å²) in [4.78, 5) is 0.179. The van der Waals surface area contributed by atoms with Crippen molar-refractivity contribution in [3.8, 4) is 5.75 Å². The Morgan fingerprint density at radius 3 is 2.47 bits per heavy atom. The second kappa shape index (κ2) is 7.93. The van der Waals surface area contributed by atoms with Crippen LogP contribution in [0.15, 0.2) is 69.1 Å². The highest BCUT2D eigenvalue weighted by Gasteiger charge is 2.29. The summed E-state index contributed by atoms with van der Waals surface area (Å²) in [6, 6.07) is 14.4. The number of nitrogens with zero attached hydrogens (tertiary/aromatic N) is 1. The number of anilines is 2. The third-order valence-electron chi connectivity index (χ3n) is 4.82. The highest BCUT2D eigenvalue weighted by molar-refractivity contribution is 7.94. The largest absolute Gasteiger partial charge is 0.497 e. The molecule has 1 N–H and O–H groups in total. The van der Waals surface area contributed by atoms with Gasteiger partial charge in [0.1, 0.15) is 9.96 Å². The number of methoxy groups -OCH3 is 1. The van der Waals surface area contributed by atoms with E-state index in [-0.39, 0.29) is 9.10 Å². The molecule has 0 atom stereocenters. The van der Waals surface area contributed by atoms with Gasteiger partial charge in [0.2, 0.25) is 0 Å². The zero-order chi connectivity index (χ0) is 21.4. The molecule has 3 aromatic rings. The van der Waals surface area contributed by atoms with E-state index in [1.54, 1.807) is 41.8 Å². The molecule has 2 aromatic carbocycles. The molecule has 30 heavy (non-hydrogen) atoms. The molecule has 0 aliphatic carbocycles. The number of sulfonamides is 2. The van der Waals surface area contributed by atoms with Crippen molar-refractivity contribution in [3.05, 3.63) is 65.5 Å². The molecule has 10 heteroatoms. The van der Waals surface area contributed by atoms with Crippen molar-refractivity contribution in [3.63, 3.8) is 0 Å². The van der Waals surface area contributed by atoms with Crippen LogP contribution in [-0.4, -0.2) is 30.5 Å². The molecular formula is C20H20N2O5S3. The molecule has 0 radical (unpaired) electrons. The second-order valence-electron chi connectivity index (χ2n) is 6.74. The maximum atomic E-state index is 13.2. The molecule has 158 valence electrons. The Hall–Kier alpha value is -2.56. The van der Waals surface area contributed by atoms with Gasteiger partial charge in [-0.05, 0) is 72.3 Å². The third kappa shape index (κ3) is 3.90. The van der Waals surface area contributed by atoms with Gasteiger partial charge in [-0.2, -0.15) is 0 Å². The van der Waals surface area contributed by atoms with Gasteiger partial charge >= 0.3 is 0 Å². The monoisotopic (exact) mass is 464 g/mol. The number of benzene rings is 2. The number of ether oxygens (including phenoxy) is 1. The first-order valence-electron chi connectivity index (χ1n) is 9.17. The van der Waals surface area contributed by atoms with Crippen LogP contribution in [0.1, 0.15) is 12.0 Å². The molecule has 4 rings (SSSR count). The molecule has 1 aliphatic rings. The summed E-state index contributed by atoms with van der Waals surface area (Å²) in [5.74, 6) is 0.579. The molecule has 1 aliphatic heterocycles. The van der Waals surface area contributed by atoms with Gasteiger partial charge < -0.3 is 4.74 Å². The van der Waals surface area contributed by atoms with Crippen molar-refractivity contribution in [2.45, 2.75) is 21.9 Å². The minimum absolute atomic E-state index is 0.179. The summed E-state index contributed by atoms with van der Waals surface area (Å²) < 4.78 is 60.6. The highest BCUT2D eigenvalue weighted by Crippen LogP contribution is 2.34. The highest BCUT2D eigenvalue weighted by atomic mass is 32.2. The summed E-state index contributed by atoms with van der Waals surface area (Å²) in [6.07, 6.45) is 1.31. The van der Waals surface area contributed by atoms with E-state index in [0.29, 0.717) is 36.5 Å². The fourth-order valence-corrected chi connectivity index (χ4v) is 6.96. The number of fused-ring (bicyclic) bond motifs is 1. The predicted molar refractivity (Wildman–Crippen MR) is 117 cm³/mol. The number of thiophene rings is 1. The maximum absolute atomic E-state index is 13.2. The molecule has 0 spiro atoms. The standard InChI is InChI=1S/C20H20N2O5S3/c1-27-17-7-9-18(10-8-17)30(25,26)22-12-2-4-15-14-16(6-11-19(15)22)21-29(23,24)20-5-3-13-28-20/h3,5-11,13-14,21H,2,4,12H2,1H3. The van der Waals surface area contributed by atoms with Gasteiger partial charge in [0.25, 0.3) is 20.0 Å². The van der Waals surface area contributed by atoms with Crippen molar-refractivity contribution in [2.24, 2.45) is 0 Å². The molecule has 0 bridgehead atoms. The average Bonchev–Trinajstić information content (AvgIpc) is 3.29. The third-order valence-corrected chi connectivity index (χ3v) is 9.42. The fraction of sp³-hybridized carbons (Fsp3) is 0.200. The number of aryl methyl sites for hydroxylation is 1. The van der Waals surface area contributed by atoms with Gasteiger partial charge in [-0.1, -0.05) is 6.07 Å². The van der Waals surface area contributed by atoms with Crippen molar-refractivity contribution in [1.29, 1.82) is 0 Å². The van der Waals surface area contributed by atoms with Crippen LogP contribution < -0.4 is 13.8 Å². The summed E-state index contributed by atoms with van der Waals surface area (Å²) in [5.41, 5.74) is 1.76. The van der Waals surface area contributed by atoms with Gasteiger partial charge in [0.15, 0.2) is 0 Å². The topological polar surface area (TPSA) is 92.8 Å². The van der Waals surface area contributed by atoms with Crippen LogP contribution in [0.3, 0.4) is 0 Å². The molecule has 0 fully saturated rings. The summed E-state index contributed by atoms with van der Waals surface area (Å²) in [7, 11) is -5.88. The zero-order valence-electron chi connectivity index (χ0n) is 16.1. The lowest BCUT2D eigenvalue weighted by Crippen LogP contribution is -2.35. The molecule has 0 unspecified atom stereocenters. The lowest BCUT2D eigenvalue weighted by atomic mass is 10.0. The normalized spacial score (nSPS) is 14.2. The van der Waals surface area contributed by atoms with Gasteiger partial charge in [0, 0.05) is 12.2 Å². The van der Waals surface area contributed by atoms with Crippen molar-refractivity contribution in [2.75, 3.05) is 22.7 Å². The zero-order valence-corrected chi connectivity index (χ0v) is 18.6. The molecule has 7 nitrogen and oxygen atoms in total. The van der Waals surface area contributed by atoms with Gasteiger partial charge in [-0.3, -0.25) is 9.03 Å². The van der Waals surface area contributed by atoms with Gasteiger partial charge in [-0.25, -0.2) is 16.8 Å². The van der Waals surface area contributed by atoms with E-state index in [1.165, 1.54) is 29.6 Å². The molecule has 0 saturated carbocycles. The minimum Gasteiger partial charge on any atom is -0.497 e. The van der Waals surface area contributed by atoms with Crippen LogP contribution >= 0.6 is 11.3 Å². The average molecular weight is 465 g/mol. The SMILES string of the molecule is COc1ccc(S(=O)(=O)N2CCCc3cc(NS(=O)(=O)c4cccs4)ccc32)cc1. The first kappa shape index (κ1) is 20.7. The minimum atomic E-state index is -3.74. The molecule has 2 heterocycles. The van der Waals surface area contributed by atoms with Crippen molar-refractivity contribution >= 4 is 42.8 Å². The van der Waals surface area contributed by atoms with E-state index in [9.17, 15) is 16.8 Å². The lowest BCUT2D eigenvalue weighted by Gasteiger charge is -2.31. The van der Waals surface area contributed by atoms with Gasteiger partial charge in [0.05, 0.1) is 17.7 Å². The van der Waals surface area contributed by atoms with E-state index < -0.39 is 20.0 Å². The Balaban J connectivity index is 1.65. The maximum Gasteiger partial charge on any atom is 0.271 e. The smallest absolute Gasteiger partial charge is 0.271 e. The Labute approximate surface area is 180 Å². The number of hydrogen-bond donors (Lipinski definition) is 1. The van der Waals surface area contributed by atoms with Crippen LogP contribution in [0.25, 0.3) is 0 Å². The quantitative estimate of drug-likeness (QED) is 0.600. The van der Waals surface area contributed by atoms with Crippen molar-refractivity contribution < 1.29 is 21.6 Å². The van der Waals surface area contributed by atoms with Crippen molar-refractivity contribution in [1.82, 2.24) is 0 Å². The Morgan fingerprint density at radius 1 is 1.03 bits per heavy atom. The first-order valence-corrected chi connectivity index (χ1v) is 13.0. The summed E-state index contributed by atoms with van der Waals surface area (Å²) in [6.45, 7) is 0.363. The summed E-state index contributed by atoms with van der Waals surface area (Å²) >= 11 is 1.13. The van der Waals surface area contributed by atoms with Crippen LogP contribution in [0.5, 0.6) is 5.75 Å². The molecule has 1 aromatic heterocycles. The molecular weight excluding hydrogens is 444 g/mol. The predicted octanol–water partition coefficient (Wildman–Crippen LogP) is 3.70. The Kier molecular flexibility index (Phi) is 5.48. The van der Waals surface area contributed by atoms with Crippen LogP contribution in [0.2, 0.25) is 0 Å². The Bertz CT molecular complexity index is 1250. The van der Waals surface area contributed by atoms with E-state index in [4.69, 9.17) is 4.74 Å².